The first-order chi connectivity index (χ1) is 11.7. The van der Waals surface area contributed by atoms with E-state index in [1.165, 1.54) is 6.26 Å². The van der Waals surface area contributed by atoms with Crippen LogP contribution in [0.2, 0.25) is 0 Å². The van der Waals surface area contributed by atoms with E-state index in [1.54, 1.807) is 20.0 Å². The van der Waals surface area contributed by atoms with Crippen LogP contribution < -0.4 is 5.32 Å². The summed E-state index contributed by atoms with van der Waals surface area (Å²) in [4.78, 5) is 11.0. The van der Waals surface area contributed by atoms with Crippen LogP contribution in [0.5, 0.6) is 0 Å². The molecule has 2 heterocycles. The molecular weight excluding hydrogens is 465 g/mol. The highest BCUT2D eigenvalue weighted by Gasteiger charge is 2.32. The van der Waals surface area contributed by atoms with Crippen molar-refractivity contribution in [2.24, 2.45) is 10.9 Å². The summed E-state index contributed by atoms with van der Waals surface area (Å²) in [6.45, 7) is 10.5. The summed E-state index contributed by atoms with van der Waals surface area (Å²) in [5.74, 6) is 1.34. The molecule has 150 valence electrons. The number of imidazole rings is 1. The summed E-state index contributed by atoms with van der Waals surface area (Å²) in [5, 5.41) is 3.31. The number of halogens is 1. The summed E-state index contributed by atoms with van der Waals surface area (Å²) in [5.41, 5.74) is 0. The van der Waals surface area contributed by atoms with Crippen molar-refractivity contribution in [1.82, 2.24) is 19.8 Å². The van der Waals surface area contributed by atoms with E-state index in [0.717, 1.165) is 32.0 Å². The summed E-state index contributed by atoms with van der Waals surface area (Å²) in [6, 6.07) is 0.336. The Morgan fingerprint density at radius 1 is 1.42 bits per heavy atom. The molecule has 0 aromatic carbocycles. The Morgan fingerprint density at radius 2 is 2.12 bits per heavy atom. The lowest BCUT2D eigenvalue weighted by Crippen LogP contribution is -2.49. The Labute approximate surface area is 174 Å². The van der Waals surface area contributed by atoms with E-state index in [4.69, 9.17) is 0 Å². The molecule has 9 heteroatoms. The molecule has 1 aliphatic rings. The van der Waals surface area contributed by atoms with Gasteiger partial charge in [-0.2, -0.15) is 0 Å². The van der Waals surface area contributed by atoms with Crippen molar-refractivity contribution in [1.29, 1.82) is 0 Å². The molecule has 1 fully saturated rings. The highest BCUT2D eigenvalue weighted by molar-refractivity contribution is 14.0. The van der Waals surface area contributed by atoms with Crippen LogP contribution in [0.15, 0.2) is 23.7 Å². The molecule has 0 saturated carbocycles. The van der Waals surface area contributed by atoms with E-state index in [9.17, 15) is 8.42 Å². The van der Waals surface area contributed by atoms with Gasteiger partial charge in [0, 0.05) is 38.3 Å². The normalized spacial score (nSPS) is 22.0. The Hall–Kier alpha value is -0.840. The number of guanidine groups is 1. The van der Waals surface area contributed by atoms with Gasteiger partial charge in [0.05, 0.1) is 23.7 Å². The van der Waals surface area contributed by atoms with Crippen LogP contribution in [0.4, 0.5) is 0 Å². The summed E-state index contributed by atoms with van der Waals surface area (Å²) < 4.78 is 25.2. The Morgan fingerprint density at radius 3 is 2.65 bits per heavy atom. The molecule has 1 saturated heterocycles. The minimum Gasteiger partial charge on any atom is -0.357 e. The lowest BCUT2D eigenvalue weighted by molar-refractivity contribution is 0.189. The van der Waals surface area contributed by atoms with Gasteiger partial charge in [-0.1, -0.05) is 6.92 Å². The van der Waals surface area contributed by atoms with Gasteiger partial charge < -0.3 is 14.8 Å². The standard InChI is InChI=1S/C17H31N5O2S.HI/c1-6-19-16(20-12-17(3,4)25(5,23)24)21-9-7-14(2)15(11-21)22-10-8-18-13-22;/h8,10,13-15H,6-7,9,11-12H2,1-5H3,(H,19,20);1H. The number of sulfone groups is 1. The molecule has 1 aromatic rings. The lowest BCUT2D eigenvalue weighted by Gasteiger charge is -2.39. The number of nitrogens with one attached hydrogen (secondary N) is 1. The number of likely N-dealkylation sites (tertiary alicyclic amines) is 1. The average molecular weight is 497 g/mol. The summed E-state index contributed by atoms with van der Waals surface area (Å²) in [7, 11) is -3.16. The van der Waals surface area contributed by atoms with Gasteiger partial charge in [-0.25, -0.2) is 13.4 Å². The number of aromatic nitrogens is 2. The zero-order valence-electron chi connectivity index (χ0n) is 16.3. The van der Waals surface area contributed by atoms with Crippen LogP contribution in [-0.4, -0.2) is 66.0 Å². The van der Waals surface area contributed by atoms with Crippen molar-refractivity contribution < 1.29 is 8.42 Å². The quantitative estimate of drug-likeness (QED) is 0.383. The van der Waals surface area contributed by atoms with Crippen LogP contribution in [0, 0.1) is 5.92 Å². The summed E-state index contributed by atoms with van der Waals surface area (Å²) in [6.07, 6.45) is 8.00. The van der Waals surface area contributed by atoms with Crippen molar-refractivity contribution in [3.05, 3.63) is 18.7 Å². The van der Waals surface area contributed by atoms with Gasteiger partial charge >= 0.3 is 0 Å². The maximum Gasteiger partial charge on any atom is 0.194 e. The minimum atomic E-state index is -3.16. The SMILES string of the molecule is CCNC(=NCC(C)(C)S(C)(=O)=O)N1CCC(C)C(n2ccnc2)C1.I. The van der Waals surface area contributed by atoms with E-state index in [2.05, 4.69) is 31.7 Å². The van der Waals surface area contributed by atoms with Crippen molar-refractivity contribution in [3.8, 4) is 0 Å². The summed E-state index contributed by atoms with van der Waals surface area (Å²) >= 11 is 0. The Bertz CT molecular complexity index is 688. The third kappa shape index (κ3) is 5.58. The molecule has 0 bridgehead atoms. The van der Waals surface area contributed by atoms with E-state index in [0.29, 0.717) is 12.0 Å². The van der Waals surface area contributed by atoms with Gasteiger partial charge in [0.1, 0.15) is 0 Å². The molecule has 26 heavy (non-hydrogen) atoms. The first kappa shape index (κ1) is 23.2. The molecule has 7 nitrogen and oxygen atoms in total. The third-order valence-corrected chi connectivity index (χ3v) is 7.21. The maximum atomic E-state index is 11.9. The van der Waals surface area contributed by atoms with E-state index >= 15 is 0 Å². The smallest absolute Gasteiger partial charge is 0.194 e. The van der Waals surface area contributed by atoms with E-state index in [1.807, 2.05) is 19.4 Å². The number of piperidine rings is 1. The number of rotatable bonds is 5. The fourth-order valence-electron chi connectivity index (χ4n) is 2.90. The fourth-order valence-corrected chi connectivity index (χ4v) is 3.20. The second kappa shape index (κ2) is 9.38. The molecule has 1 aliphatic heterocycles. The highest BCUT2D eigenvalue weighted by atomic mass is 127. The minimum absolute atomic E-state index is 0. The zero-order valence-corrected chi connectivity index (χ0v) is 19.5. The van der Waals surface area contributed by atoms with Gasteiger partial charge in [-0.15, -0.1) is 24.0 Å². The molecule has 0 spiro atoms. The number of aliphatic imine (C=N–C) groups is 1. The number of hydrogen-bond donors (Lipinski definition) is 1. The molecule has 2 unspecified atom stereocenters. The molecule has 1 aromatic heterocycles. The van der Waals surface area contributed by atoms with Crippen molar-refractivity contribution in [2.45, 2.75) is 44.9 Å². The number of hydrogen-bond acceptors (Lipinski definition) is 4. The van der Waals surface area contributed by atoms with Crippen molar-refractivity contribution >= 4 is 39.8 Å². The molecule has 0 amide bonds. The van der Waals surface area contributed by atoms with Crippen LogP contribution >= 0.6 is 24.0 Å². The average Bonchev–Trinajstić information content (AvgIpc) is 3.05. The molecule has 1 N–H and O–H groups in total. The Kier molecular flexibility index (Phi) is 8.37. The molecule has 0 radical (unpaired) electrons. The van der Waals surface area contributed by atoms with Gasteiger partial charge in [-0.3, -0.25) is 4.99 Å². The van der Waals surface area contributed by atoms with Crippen molar-refractivity contribution in [2.75, 3.05) is 32.4 Å². The fraction of sp³-hybridized carbons (Fsp3) is 0.765. The molecular formula is C17H32IN5O2S. The molecule has 2 rings (SSSR count). The van der Waals surface area contributed by atoms with E-state index < -0.39 is 14.6 Å². The molecule has 0 aliphatic carbocycles. The predicted molar refractivity (Wildman–Crippen MR) is 117 cm³/mol. The first-order valence-electron chi connectivity index (χ1n) is 8.86. The first-order valence-corrected chi connectivity index (χ1v) is 10.7. The highest BCUT2D eigenvalue weighted by Crippen LogP contribution is 2.27. The zero-order chi connectivity index (χ0) is 18.7. The van der Waals surface area contributed by atoms with Crippen LogP contribution in [-0.2, 0) is 9.84 Å². The Balaban J connectivity index is 0.00000338. The predicted octanol–water partition coefficient (Wildman–Crippen LogP) is 2.17. The topological polar surface area (TPSA) is 79.6 Å². The van der Waals surface area contributed by atoms with Gasteiger partial charge in [0.15, 0.2) is 15.8 Å². The number of nitrogens with zero attached hydrogens (tertiary/aromatic N) is 4. The van der Waals surface area contributed by atoms with Crippen LogP contribution in [0.1, 0.15) is 40.2 Å². The van der Waals surface area contributed by atoms with Crippen molar-refractivity contribution in [3.63, 3.8) is 0 Å². The second-order valence-corrected chi connectivity index (χ2v) is 10.1. The van der Waals surface area contributed by atoms with Gasteiger partial charge in [-0.05, 0) is 33.1 Å². The van der Waals surface area contributed by atoms with Crippen LogP contribution in [0.25, 0.3) is 0 Å². The van der Waals surface area contributed by atoms with E-state index in [-0.39, 0.29) is 30.5 Å². The van der Waals surface area contributed by atoms with Crippen LogP contribution in [0.3, 0.4) is 0 Å². The largest absolute Gasteiger partial charge is 0.357 e. The van der Waals surface area contributed by atoms with Gasteiger partial charge in [0.25, 0.3) is 0 Å². The lowest BCUT2D eigenvalue weighted by atomic mass is 9.93. The van der Waals surface area contributed by atoms with Gasteiger partial charge in [0.2, 0.25) is 0 Å². The maximum absolute atomic E-state index is 11.9. The second-order valence-electron chi connectivity index (χ2n) is 7.49. The monoisotopic (exact) mass is 497 g/mol. The third-order valence-electron chi connectivity index (χ3n) is 5.07. The molecule has 2 atom stereocenters.